The van der Waals surface area contributed by atoms with Crippen LogP contribution in [0, 0.1) is 0 Å². The predicted molar refractivity (Wildman–Crippen MR) is 122 cm³/mol. The molecule has 8 heteroatoms. The van der Waals surface area contributed by atoms with Crippen LogP contribution in [0.3, 0.4) is 0 Å². The molecule has 0 unspecified atom stereocenters. The summed E-state index contributed by atoms with van der Waals surface area (Å²) in [6.07, 6.45) is -1.86. The van der Waals surface area contributed by atoms with E-state index in [4.69, 9.17) is 9.47 Å². The van der Waals surface area contributed by atoms with Gasteiger partial charge in [-0.2, -0.15) is 13.2 Å². The van der Waals surface area contributed by atoms with E-state index in [1.165, 1.54) is 12.1 Å². The number of piperidine rings is 1. The summed E-state index contributed by atoms with van der Waals surface area (Å²) in [5.41, 5.74) is 0.437. The zero-order valence-electron chi connectivity index (χ0n) is 19.3. The number of amides is 1. The Morgan fingerprint density at radius 3 is 2.33 bits per heavy atom. The first-order valence-electron chi connectivity index (χ1n) is 11.2. The van der Waals surface area contributed by atoms with Gasteiger partial charge >= 0.3 is 6.18 Å². The van der Waals surface area contributed by atoms with Gasteiger partial charge in [0.2, 0.25) is 5.91 Å². The highest BCUT2D eigenvalue weighted by Crippen LogP contribution is 2.35. The molecule has 33 heavy (non-hydrogen) atoms. The van der Waals surface area contributed by atoms with E-state index in [1.54, 1.807) is 32.4 Å². The van der Waals surface area contributed by atoms with Gasteiger partial charge in [-0.15, -0.1) is 0 Å². The van der Waals surface area contributed by atoms with Crippen molar-refractivity contribution in [2.45, 2.75) is 51.4 Å². The summed E-state index contributed by atoms with van der Waals surface area (Å²) in [5.74, 6) is 1.17. The van der Waals surface area contributed by atoms with Gasteiger partial charge in [0, 0.05) is 43.9 Å². The van der Waals surface area contributed by atoms with Crippen molar-refractivity contribution in [1.82, 2.24) is 4.90 Å². The molecule has 0 radical (unpaired) electrons. The van der Waals surface area contributed by atoms with Crippen molar-refractivity contribution in [3.05, 3.63) is 53.6 Å². The van der Waals surface area contributed by atoms with Crippen molar-refractivity contribution in [2.75, 3.05) is 32.2 Å². The van der Waals surface area contributed by atoms with Gasteiger partial charge in [0.15, 0.2) is 11.5 Å². The van der Waals surface area contributed by atoms with Crippen LogP contribution in [-0.2, 0) is 17.5 Å². The van der Waals surface area contributed by atoms with E-state index < -0.39 is 11.7 Å². The number of anilines is 1. The fourth-order valence-electron chi connectivity index (χ4n) is 4.38. The van der Waals surface area contributed by atoms with Crippen molar-refractivity contribution in [1.29, 1.82) is 0 Å². The van der Waals surface area contributed by atoms with E-state index in [2.05, 4.69) is 0 Å². The Balaban J connectivity index is 1.75. The second-order valence-corrected chi connectivity index (χ2v) is 8.22. The molecule has 180 valence electrons. The number of methoxy groups -OCH3 is 2. The third-order valence-corrected chi connectivity index (χ3v) is 6.02. The van der Waals surface area contributed by atoms with Gasteiger partial charge in [0.25, 0.3) is 0 Å². The minimum Gasteiger partial charge on any atom is -0.493 e. The smallest absolute Gasteiger partial charge is 0.416 e. The second kappa shape index (κ2) is 10.9. The summed E-state index contributed by atoms with van der Waals surface area (Å²) < 4.78 is 50.8. The Kier molecular flexibility index (Phi) is 8.24. The predicted octanol–water partition coefficient (Wildman–Crippen LogP) is 5.52. The molecule has 1 fully saturated rings. The molecule has 3 rings (SSSR count). The first-order chi connectivity index (χ1) is 15.8. The topological polar surface area (TPSA) is 42.0 Å². The molecule has 0 aromatic heterocycles. The maximum Gasteiger partial charge on any atom is 0.416 e. The fourth-order valence-corrected chi connectivity index (χ4v) is 4.38. The molecule has 0 aliphatic carbocycles. The molecular weight excluding hydrogens is 433 g/mol. The molecule has 1 aliphatic rings. The zero-order valence-corrected chi connectivity index (χ0v) is 19.3. The summed E-state index contributed by atoms with van der Waals surface area (Å²) in [5, 5.41) is 0. The third-order valence-electron chi connectivity index (χ3n) is 6.02. The summed E-state index contributed by atoms with van der Waals surface area (Å²) >= 11 is 0. The Morgan fingerprint density at radius 1 is 1.06 bits per heavy atom. The SMILES string of the molecule is CCCC(=O)N(c1ccc(OC)c(OC)c1)C1CCN(Cc2ccccc2C(F)(F)F)CC1. The van der Waals surface area contributed by atoms with Gasteiger partial charge in [-0.05, 0) is 43.0 Å². The van der Waals surface area contributed by atoms with Crippen LogP contribution in [0.5, 0.6) is 11.5 Å². The number of hydrogen-bond donors (Lipinski definition) is 0. The lowest BCUT2D eigenvalue weighted by Gasteiger charge is -2.39. The molecule has 2 aromatic carbocycles. The maximum absolute atomic E-state index is 13.4. The Labute approximate surface area is 193 Å². The van der Waals surface area contributed by atoms with Crippen LogP contribution in [0.2, 0.25) is 0 Å². The van der Waals surface area contributed by atoms with E-state index in [1.807, 2.05) is 22.8 Å². The minimum atomic E-state index is -4.37. The van der Waals surface area contributed by atoms with Gasteiger partial charge in [0.1, 0.15) is 0 Å². The van der Waals surface area contributed by atoms with Crippen LogP contribution >= 0.6 is 0 Å². The molecule has 1 saturated heterocycles. The number of carbonyl (C=O) groups is 1. The number of rotatable bonds is 8. The molecule has 0 bridgehead atoms. The van der Waals surface area contributed by atoms with E-state index >= 15 is 0 Å². The normalized spacial score (nSPS) is 15.3. The van der Waals surface area contributed by atoms with E-state index in [0.29, 0.717) is 43.9 Å². The minimum absolute atomic E-state index is 0.0312. The number of carbonyl (C=O) groups excluding carboxylic acids is 1. The Bertz CT molecular complexity index is 941. The largest absolute Gasteiger partial charge is 0.493 e. The standard InChI is InChI=1S/C25H31F3N2O3/c1-4-7-24(31)30(20-10-11-22(32-2)23(16-20)33-3)19-12-14-29(15-13-19)17-18-8-5-6-9-21(18)25(26,27)28/h5-6,8-11,16,19H,4,7,12-15,17H2,1-3H3. The summed E-state index contributed by atoms with van der Waals surface area (Å²) in [6, 6.07) is 11.1. The van der Waals surface area contributed by atoms with Crippen LogP contribution in [-0.4, -0.2) is 44.2 Å². The molecule has 5 nitrogen and oxygen atoms in total. The van der Waals surface area contributed by atoms with Gasteiger partial charge in [-0.3, -0.25) is 9.69 Å². The lowest BCUT2D eigenvalue weighted by atomic mass is 9.99. The van der Waals surface area contributed by atoms with Crippen molar-refractivity contribution < 1.29 is 27.4 Å². The monoisotopic (exact) mass is 464 g/mol. The summed E-state index contributed by atoms with van der Waals surface area (Å²) in [4.78, 5) is 16.9. The van der Waals surface area contributed by atoms with Gasteiger partial charge in [0.05, 0.1) is 19.8 Å². The van der Waals surface area contributed by atoms with Crippen LogP contribution in [0.4, 0.5) is 18.9 Å². The lowest BCUT2D eigenvalue weighted by Crippen LogP contribution is -2.47. The van der Waals surface area contributed by atoms with Crippen molar-refractivity contribution in [3.8, 4) is 11.5 Å². The Hall–Kier alpha value is -2.74. The highest BCUT2D eigenvalue weighted by atomic mass is 19.4. The highest BCUT2D eigenvalue weighted by molar-refractivity contribution is 5.94. The highest BCUT2D eigenvalue weighted by Gasteiger charge is 2.34. The number of halogens is 3. The van der Waals surface area contributed by atoms with Crippen LogP contribution in [0.15, 0.2) is 42.5 Å². The average Bonchev–Trinajstić information content (AvgIpc) is 2.80. The molecule has 0 saturated carbocycles. The quantitative estimate of drug-likeness (QED) is 0.516. The fraction of sp³-hybridized carbons (Fsp3) is 0.480. The van der Waals surface area contributed by atoms with Gasteiger partial charge in [-0.1, -0.05) is 25.1 Å². The molecule has 1 heterocycles. The maximum atomic E-state index is 13.4. The number of benzene rings is 2. The zero-order chi connectivity index (χ0) is 24.0. The van der Waals surface area contributed by atoms with Crippen LogP contribution < -0.4 is 14.4 Å². The molecule has 0 N–H and O–H groups in total. The van der Waals surface area contributed by atoms with Crippen LogP contribution in [0.25, 0.3) is 0 Å². The van der Waals surface area contributed by atoms with Gasteiger partial charge < -0.3 is 14.4 Å². The molecule has 1 amide bonds. The molecule has 0 spiro atoms. The van der Waals surface area contributed by atoms with Crippen LogP contribution in [0.1, 0.15) is 43.7 Å². The molecule has 2 aromatic rings. The molecule has 1 aliphatic heterocycles. The van der Waals surface area contributed by atoms with Crippen molar-refractivity contribution >= 4 is 11.6 Å². The third kappa shape index (κ3) is 5.99. The number of likely N-dealkylation sites (tertiary alicyclic amines) is 1. The van der Waals surface area contributed by atoms with Gasteiger partial charge in [-0.25, -0.2) is 0 Å². The Morgan fingerprint density at radius 2 is 1.73 bits per heavy atom. The summed E-state index contributed by atoms with van der Waals surface area (Å²) in [6.45, 7) is 3.42. The number of ether oxygens (including phenoxy) is 2. The average molecular weight is 465 g/mol. The molecule has 0 atom stereocenters. The second-order valence-electron chi connectivity index (χ2n) is 8.22. The van der Waals surface area contributed by atoms with E-state index in [-0.39, 0.29) is 24.1 Å². The van der Waals surface area contributed by atoms with Crippen molar-refractivity contribution in [3.63, 3.8) is 0 Å². The van der Waals surface area contributed by atoms with E-state index in [0.717, 1.165) is 18.2 Å². The number of hydrogen-bond acceptors (Lipinski definition) is 4. The number of nitrogens with zero attached hydrogens (tertiary/aromatic N) is 2. The first kappa shape index (κ1) is 24.9. The summed E-state index contributed by atoms with van der Waals surface area (Å²) in [7, 11) is 3.11. The van der Waals surface area contributed by atoms with Crippen molar-refractivity contribution in [2.24, 2.45) is 0 Å². The first-order valence-corrected chi connectivity index (χ1v) is 11.2. The number of alkyl halides is 3. The molecular formula is C25H31F3N2O3. The van der Waals surface area contributed by atoms with E-state index in [9.17, 15) is 18.0 Å². The lowest BCUT2D eigenvalue weighted by molar-refractivity contribution is -0.138.